The van der Waals surface area contributed by atoms with E-state index in [2.05, 4.69) is 30.0 Å². The van der Waals surface area contributed by atoms with E-state index in [4.69, 9.17) is 0 Å². The highest BCUT2D eigenvalue weighted by molar-refractivity contribution is 6.35. The maximum atomic E-state index is 13.5. The Balaban J connectivity index is 1.58. The number of carbonyl (C=O) groups is 2. The number of fused-ring (bicyclic) bond motifs is 1. The van der Waals surface area contributed by atoms with Crippen LogP contribution in [0.2, 0.25) is 0 Å². The lowest BCUT2D eigenvalue weighted by atomic mass is 9.97. The van der Waals surface area contributed by atoms with E-state index in [1.807, 2.05) is 37.3 Å². The Labute approximate surface area is 191 Å². The summed E-state index contributed by atoms with van der Waals surface area (Å²) in [5.41, 5.74) is 5.71. The van der Waals surface area contributed by atoms with Crippen molar-refractivity contribution in [1.82, 2.24) is 9.80 Å². The first-order chi connectivity index (χ1) is 15.6. The lowest BCUT2D eigenvalue weighted by molar-refractivity contribution is -0.137. The van der Waals surface area contributed by atoms with Gasteiger partial charge in [0.2, 0.25) is 0 Å². The van der Waals surface area contributed by atoms with Gasteiger partial charge in [-0.1, -0.05) is 93.1 Å². The molecule has 2 aliphatic heterocycles. The van der Waals surface area contributed by atoms with Crippen LogP contribution in [-0.2, 0) is 22.6 Å². The lowest BCUT2D eigenvalue weighted by Gasteiger charge is -2.31. The predicted octanol–water partition coefficient (Wildman–Crippen LogP) is 5.49. The van der Waals surface area contributed by atoms with Crippen LogP contribution in [0.5, 0.6) is 0 Å². The second-order valence-corrected chi connectivity index (χ2v) is 9.06. The average Bonchev–Trinajstić information content (AvgIpc) is 3.06. The van der Waals surface area contributed by atoms with Crippen LogP contribution in [0.25, 0.3) is 5.57 Å². The van der Waals surface area contributed by atoms with Crippen LogP contribution in [-0.4, -0.2) is 34.7 Å². The Morgan fingerprint density at radius 3 is 2.25 bits per heavy atom. The molecule has 0 saturated heterocycles. The summed E-state index contributed by atoms with van der Waals surface area (Å²) in [7, 11) is 0. The van der Waals surface area contributed by atoms with Crippen molar-refractivity contribution >= 4 is 17.4 Å². The summed E-state index contributed by atoms with van der Waals surface area (Å²) in [6.07, 6.45) is 7.68. The molecule has 0 atom stereocenters. The predicted molar refractivity (Wildman–Crippen MR) is 129 cm³/mol. The zero-order valence-electron chi connectivity index (χ0n) is 19.4. The van der Waals surface area contributed by atoms with E-state index in [1.165, 1.54) is 35.3 Å². The summed E-state index contributed by atoms with van der Waals surface area (Å²) in [5.74, 6) is -0.264. The molecular weight excluding hydrogens is 396 g/mol. The maximum absolute atomic E-state index is 13.5. The Hall–Kier alpha value is -2.88. The van der Waals surface area contributed by atoms with Crippen molar-refractivity contribution in [1.29, 1.82) is 0 Å². The van der Waals surface area contributed by atoms with Gasteiger partial charge in [0.05, 0.1) is 5.57 Å². The minimum absolute atomic E-state index is 0.126. The van der Waals surface area contributed by atoms with Gasteiger partial charge >= 0.3 is 0 Å². The minimum Gasteiger partial charge on any atom is -0.362 e. The smallest absolute Gasteiger partial charge is 0.277 e. The van der Waals surface area contributed by atoms with Crippen LogP contribution in [0.4, 0.5) is 0 Å². The zero-order valence-corrected chi connectivity index (χ0v) is 19.4. The SMILES string of the molecule is CCCCCCCCN1C(=O)C(c2ccc(C)cc2)=C(N2CCc3ccccc3C2)C1=O. The molecule has 2 amide bonds. The van der Waals surface area contributed by atoms with Gasteiger partial charge < -0.3 is 4.90 Å². The first-order valence-corrected chi connectivity index (χ1v) is 12.1. The number of carbonyl (C=O) groups excluding carboxylic acids is 2. The van der Waals surface area contributed by atoms with Crippen LogP contribution >= 0.6 is 0 Å². The van der Waals surface area contributed by atoms with Crippen molar-refractivity contribution in [2.45, 2.75) is 65.3 Å². The summed E-state index contributed by atoms with van der Waals surface area (Å²) in [5, 5.41) is 0. The molecule has 0 N–H and O–H groups in total. The van der Waals surface area contributed by atoms with Gasteiger partial charge in [-0.25, -0.2) is 0 Å². The highest BCUT2D eigenvalue weighted by atomic mass is 16.2. The first-order valence-electron chi connectivity index (χ1n) is 12.1. The molecule has 2 aliphatic rings. The minimum atomic E-state index is -0.138. The molecule has 0 bridgehead atoms. The summed E-state index contributed by atoms with van der Waals surface area (Å²) >= 11 is 0. The van der Waals surface area contributed by atoms with Gasteiger partial charge in [-0.3, -0.25) is 14.5 Å². The van der Waals surface area contributed by atoms with Gasteiger partial charge in [-0.2, -0.15) is 0 Å². The third-order valence-electron chi connectivity index (χ3n) is 6.67. The second-order valence-electron chi connectivity index (χ2n) is 9.06. The Kier molecular flexibility index (Phi) is 7.09. The molecule has 0 aromatic heterocycles. The van der Waals surface area contributed by atoms with Gasteiger partial charge in [-0.15, -0.1) is 0 Å². The molecule has 0 fully saturated rings. The quantitative estimate of drug-likeness (QED) is 0.390. The van der Waals surface area contributed by atoms with Gasteiger partial charge in [-0.05, 0) is 36.5 Å². The van der Waals surface area contributed by atoms with E-state index in [1.54, 1.807) is 0 Å². The summed E-state index contributed by atoms with van der Waals surface area (Å²) in [6.45, 7) is 6.18. The topological polar surface area (TPSA) is 40.6 Å². The van der Waals surface area contributed by atoms with Crippen LogP contribution < -0.4 is 0 Å². The van der Waals surface area contributed by atoms with Gasteiger partial charge in [0.25, 0.3) is 11.8 Å². The number of nitrogens with zero attached hydrogens (tertiary/aromatic N) is 2. The molecule has 4 rings (SSSR count). The van der Waals surface area contributed by atoms with Crippen molar-refractivity contribution in [3.63, 3.8) is 0 Å². The van der Waals surface area contributed by atoms with Gasteiger partial charge in [0.1, 0.15) is 5.70 Å². The molecule has 2 heterocycles. The van der Waals surface area contributed by atoms with Crippen LogP contribution in [0.3, 0.4) is 0 Å². The van der Waals surface area contributed by atoms with E-state index in [-0.39, 0.29) is 11.8 Å². The molecular formula is C28H34N2O2. The van der Waals surface area contributed by atoms with E-state index in [0.717, 1.165) is 43.4 Å². The van der Waals surface area contributed by atoms with Crippen molar-refractivity contribution in [3.05, 3.63) is 76.5 Å². The van der Waals surface area contributed by atoms with Crippen LogP contribution in [0, 0.1) is 6.92 Å². The summed E-state index contributed by atoms with van der Waals surface area (Å²) < 4.78 is 0. The number of imide groups is 1. The normalized spacial score (nSPS) is 16.2. The van der Waals surface area contributed by atoms with Crippen molar-refractivity contribution < 1.29 is 9.59 Å². The number of amides is 2. The number of rotatable bonds is 9. The standard InChI is InChI=1S/C28H34N2O2/c1-3-4-5-6-7-10-18-30-27(31)25(23-15-13-21(2)14-16-23)26(28(30)32)29-19-17-22-11-8-9-12-24(22)20-29/h8-9,11-16H,3-7,10,17-20H2,1-2H3. The Morgan fingerprint density at radius 1 is 0.812 bits per heavy atom. The van der Waals surface area contributed by atoms with Crippen molar-refractivity contribution in [3.8, 4) is 0 Å². The fourth-order valence-corrected chi connectivity index (χ4v) is 4.78. The number of benzene rings is 2. The Morgan fingerprint density at radius 2 is 1.50 bits per heavy atom. The monoisotopic (exact) mass is 430 g/mol. The molecule has 0 saturated carbocycles. The summed E-state index contributed by atoms with van der Waals surface area (Å²) in [4.78, 5) is 30.7. The first kappa shape index (κ1) is 22.3. The molecule has 0 unspecified atom stereocenters. The molecule has 4 nitrogen and oxygen atoms in total. The average molecular weight is 431 g/mol. The number of aryl methyl sites for hydroxylation is 1. The van der Waals surface area contributed by atoms with Crippen LogP contribution in [0.15, 0.2) is 54.2 Å². The molecule has 0 aliphatic carbocycles. The maximum Gasteiger partial charge on any atom is 0.277 e. The molecule has 168 valence electrons. The second kappa shape index (κ2) is 10.2. The fraction of sp³-hybridized carbons (Fsp3) is 0.429. The number of unbranched alkanes of at least 4 members (excludes halogenated alkanes) is 5. The van der Waals surface area contributed by atoms with Crippen LogP contribution in [0.1, 0.15) is 67.7 Å². The molecule has 0 spiro atoms. The highest BCUT2D eigenvalue weighted by Gasteiger charge is 2.41. The highest BCUT2D eigenvalue weighted by Crippen LogP contribution is 2.34. The zero-order chi connectivity index (χ0) is 22.5. The van der Waals surface area contributed by atoms with E-state index in [9.17, 15) is 9.59 Å². The number of hydrogen-bond acceptors (Lipinski definition) is 3. The Bertz CT molecular complexity index is 1010. The molecule has 32 heavy (non-hydrogen) atoms. The van der Waals surface area contributed by atoms with Gasteiger partial charge in [0.15, 0.2) is 0 Å². The summed E-state index contributed by atoms with van der Waals surface area (Å²) in [6, 6.07) is 16.4. The molecule has 0 radical (unpaired) electrons. The molecule has 2 aromatic carbocycles. The third kappa shape index (κ3) is 4.64. The molecule has 2 aromatic rings. The molecule has 4 heteroatoms. The lowest BCUT2D eigenvalue weighted by Crippen LogP contribution is -2.37. The largest absolute Gasteiger partial charge is 0.362 e. The fourth-order valence-electron chi connectivity index (χ4n) is 4.78. The van der Waals surface area contributed by atoms with E-state index in [0.29, 0.717) is 24.4 Å². The van der Waals surface area contributed by atoms with Crippen molar-refractivity contribution in [2.24, 2.45) is 0 Å². The van der Waals surface area contributed by atoms with Gasteiger partial charge in [0, 0.05) is 19.6 Å². The van der Waals surface area contributed by atoms with Crippen molar-refractivity contribution in [2.75, 3.05) is 13.1 Å². The van der Waals surface area contributed by atoms with E-state index < -0.39 is 0 Å². The number of hydrogen-bond donors (Lipinski definition) is 0. The van der Waals surface area contributed by atoms with E-state index >= 15 is 0 Å². The third-order valence-corrected chi connectivity index (χ3v) is 6.67.